The maximum Gasteiger partial charge on any atom is 0.143 e. The molecule has 2 rings (SSSR count). The molecule has 1 heterocycles. The Morgan fingerprint density at radius 1 is 1.21 bits per heavy atom. The number of benzene rings is 1. The lowest BCUT2D eigenvalue weighted by molar-refractivity contribution is 0.0360. The smallest absolute Gasteiger partial charge is 0.143 e. The zero-order valence-electron chi connectivity index (χ0n) is 11.6. The molecule has 1 aromatic carbocycles. The third-order valence-corrected chi connectivity index (χ3v) is 5.09. The van der Waals surface area contributed by atoms with Crippen LogP contribution in [0.5, 0.6) is 5.75 Å². The van der Waals surface area contributed by atoms with E-state index in [2.05, 4.69) is 62.6 Å². The van der Waals surface area contributed by atoms with Gasteiger partial charge in [0.1, 0.15) is 5.75 Å². The van der Waals surface area contributed by atoms with Crippen LogP contribution in [0, 0.1) is 0 Å². The van der Waals surface area contributed by atoms with Crippen molar-refractivity contribution in [1.82, 2.24) is 9.80 Å². The summed E-state index contributed by atoms with van der Waals surface area (Å²) >= 11 is 6.77. The lowest BCUT2D eigenvalue weighted by atomic mass is 9.99. The first-order valence-corrected chi connectivity index (χ1v) is 7.99. The number of hydrogen-bond donors (Lipinski definition) is 1. The fourth-order valence-corrected chi connectivity index (χ4v) is 3.72. The average molecular weight is 392 g/mol. The Labute approximate surface area is 131 Å². The molecule has 0 amide bonds. The second kappa shape index (κ2) is 5.72. The van der Waals surface area contributed by atoms with Gasteiger partial charge in [0, 0.05) is 31.7 Å². The molecule has 1 saturated heterocycles. The van der Waals surface area contributed by atoms with Crippen LogP contribution < -0.4 is 0 Å². The number of rotatable bonds is 2. The van der Waals surface area contributed by atoms with E-state index in [1.165, 1.54) is 5.56 Å². The number of nitrogens with zero attached hydrogens (tertiary/aromatic N) is 2. The van der Waals surface area contributed by atoms with Crippen molar-refractivity contribution >= 4 is 31.9 Å². The van der Waals surface area contributed by atoms with Gasteiger partial charge in [0.2, 0.25) is 0 Å². The predicted octanol–water partition coefficient (Wildman–Crippen LogP) is 3.44. The zero-order chi connectivity index (χ0) is 14.2. The number of phenolic OH excluding ortho intramolecular Hbond substituents is 1. The molecule has 5 heteroatoms. The van der Waals surface area contributed by atoms with Crippen molar-refractivity contribution in [3.63, 3.8) is 0 Å². The lowest BCUT2D eigenvalue weighted by Crippen LogP contribution is -2.57. The van der Waals surface area contributed by atoms with Crippen molar-refractivity contribution in [3.8, 4) is 5.75 Å². The first kappa shape index (κ1) is 15.3. The van der Waals surface area contributed by atoms with E-state index in [0.29, 0.717) is 0 Å². The minimum Gasteiger partial charge on any atom is -0.506 e. The first-order valence-electron chi connectivity index (χ1n) is 6.40. The van der Waals surface area contributed by atoms with E-state index in [9.17, 15) is 5.11 Å². The van der Waals surface area contributed by atoms with Crippen LogP contribution in [-0.4, -0.2) is 47.1 Å². The van der Waals surface area contributed by atoms with Crippen LogP contribution >= 0.6 is 31.9 Å². The molecule has 0 saturated carbocycles. The van der Waals surface area contributed by atoms with Gasteiger partial charge in [0.05, 0.1) is 8.95 Å². The number of likely N-dealkylation sites (N-methyl/N-ethyl adjacent to an activating group) is 1. The minimum atomic E-state index is 0.212. The molecule has 0 atom stereocenters. The largest absolute Gasteiger partial charge is 0.506 e. The van der Waals surface area contributed by atoms with E-state index in [1.807, 2.05) is 12.1 Å². The fraction of sp³-hybridized carbons (Fsp3) is 0.571. The maximum absolute atomic E-state index is 9.74. The molecule has 106 valence electrons. The van der Waals surface area contributed by atoms with Crippen molar-refractivity contribution in [2.75, 3.05) is 26.7 Å². The van der Waals surface area contributed by atoms with Crippen LogP contribution in [0.25, 0.3) is 0 Å². The topological polar surface area (TPSA) is 26.7 Å². The molecule has 0 spiro atoms. The second-order valence-electron chi connectivity index (χ2n) is 5.85. The van der Waals surface area contributed by atoms with Gasteiger partial charge in [-0.2, -0.15) is 0 Å². The minimum absolute atomic E-state index is 0.212. The van der Waals surface area contributed by atoms with Crippen LogP contribution in [0.1, 0.15) is 19.4 Å². The van der Waals surface area contributed by atoms with Gasteiger partial charge >= 0.3 is 0 Å². The number of phenols is 1. The van der Waals surface area contributed by atoms with E-state index in [-0.39, 0.29) is 11.3 Å². The van der Waals surface area contributed by atoms with E-state index in [1.54, 1.807) is 0 Å². The quantitative estimate of drug-likeness (QED) is 0.836. The molecular formula is C14H20Br2N2O. The number of hydrogen-bond acceptors (Lipinski definition) is 3. The summed E-state index contributed by atoms with van der Waals surface area (Å²) in [6, 6.07) is 3.98. The monoisotopic (exact) mass is 390 g/mol. The van der Waals surface area contributed by atoms with Crippen molar-refractivity contribution in [2.24, 2.45) is 0 Å². The average Bonchev–Trinajstić information content (AvgIpc) is 2.30. The van der Waals surface area contributed by atoms with E-state index in [4.69, 9.17) is 0 Å². The van der Waals surface area contributed by atoms with Gasteiger partial charge in [-0.05, 0) is 70.5 Å². The summed E-state index contributed by atoms with van der Waals surface area (Å²) in [4.78, 5) is 4.87. The Kier molecular flexibility index (Phi) is 4.60. The van der Waals surface area contributed by atoms with Gasteiger partial charge < -0.3 is 5.11 Å². The van der Waals surface area contributed by atoms with Crippen LogP contribution in [0.4, 0.5) is 0 Å². The second-order valence-corrected chi connectivity index (χ2v) is 7.56. The summed E-state index contributed by atoms with van der Waals surface area (Å²) < 4.78 is 1.48. The summed E-state index contributed by atoms with van der Waals surface area (Å²) in [5.74, 6) is 0.266. The summed E-state index contributed by atoms with van der Waals surface area (Å²) in [5.41, 5.74) is 1.42. The van der Waals surface area contributed by atoms with Crippen molar-refractivity contribution in [3.05, 3.63) is 26.6 Å². The Hall–Kier alpha value is -0.100. The maximum atomic E-state index is 9.74. The first-order chi connectivity index (χ1) is 8.79. The molecule has 0 radical (unpaired) electrons. The van der Waals surface area contributed by atoms with E-state index >= 15 is 0 Å². The van der Waals surface area contributed by atoms with Crippen molar-refractivity contribution < 1.29 is 5.11 Å². The van der Waals surface area contributed by atoms with E-state index < -0.39 is 0 Å². The van der Waals surface area contributed by atoms with Gasteiger partial charge in [-0.25, -0.2) is 0 Å². The summed E-state index contributed by atoms with van der Waals surface area (Å²) in [5, 5.41) is 9.74. The number of halogens is 2. The highest BCUT2D eigenvalue weighted by atomic mass is 79.9. The lowest BCUT2D eigenvalue weighted by Gasteiger charge is -2.45. The summed E-state index contributed by atoms with van der Waals surface area (Å²) in [7, 11) is 2.19. The molecule has 1 N–H and O–H groups in total. The number of piperazine rings is 1. The van der Waals surface area contributed by atoms with E-state index in [0.717, 1.165) is 35.1 Å². The Morgan fingerprint density at radius 2 is 1.79 bits per heavy atom. The summed E-state index contributed by atoms with van der Waals surface area (Å²) in [6.07, 6.45) is 0. The standard InChI is InChI=1S/C14H20Br2N2O/c1-14(2)9-18(5-4-17(14)3)8-10-6-11(15)13(19)12(16)7-10/h6-7,19H,4-5,8-9H2,1-3H3. The normalized spacial score (nSPS) is 20.7. The molecule has 1 fully saturated rings. The predicted molar refractivity (Wildman–Crippen MR) is 85.5 cm³/mol. The SMILES string of the molecule is CN1CCN(Cc2cc(Br)c(O)c(Br)c2)CC1(C)C. The van der Waals surface area contributed by atoms with Gasteiger partial charge in [-0.1, -0.05) is 0 Å². The van der Waals surface area contributed by atoms with Gasteiger partial charge in [-0.15, -0.1) is 0 Å². The molecule has 19 heavy (non-hydrogen) atoms. The third kappa shape index (κ3) is 3.51. The van der Waals surface area contributed by atoms with Gasteiger partial charge in [0.25, 0.3) is 0 Å². The highest BCUT2D eigenvalue weighted by Crippen LogP contribution is 2.34. The molecule has 0 aromatic heterocycles. The highest BCUT2D eigenvalue weighted by Gasteiger charge is 2.30. The van der Waals surface area contributed by atoms with Gasteiger partial charge in [-0.3, -0.25) is 9.80 Å². The van der Waals surface area contributed by atoms with Crippen molar-refractivity contribution in [2.45, 2.75) is 25.9 Å². The zero-order valence-corrected chi connectivity index (χ0v) is 14.8. The highest BCUT2D eigenvalue weighted by molar-refractivity contribution is 9.11. The van der Waals surface area contributed by atoms with Crippen LogP contribution in [0.3, 0.4) is 0 Å². The number of aromatic hydroxyl groups is 1. The molecule has 0 bridgehead atoms. The van der Waals surface area contributed by atoms with Gasteiger partial charge in [0.15, 0.2) is 0 Å². The molecule has 1 aromatic rings. The third-order valence-electron chi connectivity index (χ3n) is 3.88. The molecule has 1 aliphatic rings. The van der Waals surface area contributed by atoms with Crippen molar-refractivity contribution in [1.29, 1.82) is 0 Å². The molecule has 0 unspecified atom stereocenters. The Balaban J connectivity index is 2.10. The van der Waals surface area contributed by atoms with Crippen LogP contribution in [0.2, 0.25) is 0 Å². The Bertz CT molecular complexity index is 454. The van der Waals surface area contributed by atoms with Crippen LogP contribution in [-0.2, 0) is 6.54 Å². The molecular weight excluding hydrogens is 372 g/mol. The Morgan fingerprint density at radius 3 is 2.32 bits per heavy atom. The van der Waals surface area contributed by atoms with Crippen LogP contribution in [0.15, 0.2) is 21.1 Å². The fourth-order valence-electron chi connectivity index (χ4n) is 2.44. The molecule has 3 nitrogen and oxygen atoms in total. The summed E-state index contributed by atoms with van der Waals surface area (Å²) in [6.45, 7) is 8.70. The molecule has 0 aliphatic carbocycles. The molecule has 1 aliphatic heterocycles.